The molecule has 240 valence electrons. The summed E-state index contributed by atoms with van der Waals surface area (Å²) in [6, 6.07) is 19.1. The van der Waals surface area contributed by atoms with Crippen LogP contribution in [0.1, 0.15) is 44.7 Å². The van der Waals surface area contributed by atoms with Gasteiger partial charge in [0.15, 0.2) is 8.32 Å². The van der Waals surface area contributed by atoms with Crippen molar-refractivity contribution in [3.8, 4) is 0 Å². The molecule has 0 bridgehead atoms. The second-order valence-electron chi connectivity index (χ2n) is 12.1. The second-order valence-corrected chi connectivity index (χ2v) is 18.5. The van der Waals surface area contributed by atoms with E-state index in [4.69, 9.17) is 18.6 Å². The van der Waals surface area contributed by atoms with Gasteiger partial charge in [-0.25, -0.2) is 0 Å². The molecule has 0 unspecified atom stereocenters. The summed E-state index contributed by atoms with van der Waals surface area (Å²) < 4.78 is 93.4. The predicted molar refractivity (Wildman–Crippen MR) is 161 cm³/mol. The molecule has 2 aromatic rings. The van der Waals surface area contributed by atoms with Crippen LogP contribution in [-0.4, -0.2) is 59.9 Å². The summed E-state index contributed by atoms with van der Waals surface area (Å²) in [4.78, 5) is 0. The molecule has 0 fully saturated rings. The third-order valence-corrected chi connectivity index (χ3v) is 13.2. The second kappa shape index (κ2) is 15.3. The lowest BCUT2D eigenvalue weighted by molar-refractivity contribution is -0.160. The Morgan fingerprint density at radius 3 is 1.86 bits per heavy atom. The molecule has 1 aliphatic rings. The standard InChI is InChI=1S/C31H43F3O7SSi/c1-30(2,3)43(4,5)41-27-19-13-12-18-26(38-21-25-16-10-7-11-17-25)28(22-37-20-24-14-8-6-9-15-24)40-29(27)23-39-42(35,36)31(32,33)34/h6-17,26-29H,18-23H2,1-5H3/b13-12-/t26-,27+,28+,29-/m1/s1. The van der Waals surface area contributed by atoms with Crippen LogP contribution in [0.2, 0.25) is 18.1 Å². The van der Waals surface area contributed by atoms with E-state index in [2.05, 4.69) is 4.18 Å². The van der Waals surface area contributed by atoms with Gasteiger partial charge in [-0.1, -0.05) is 93.6 Å². The number of benzene rings is 2. The van der Waals surface area contributed by atoms with Crippen LogP contribution >= 0.6 is 0 Å². The fraction of sp³-hybridized carbons (Fsp3) is 0.548. The van der Waals surface area contributed by atoms with Crippen LogP contribution in [0.5, 0.6) is 0 Å². The lowest BCUT2D eigenvalue weighted by Gasteiger charge is -2.42. The van der Waals surface area contributed by atoms with Crippen molar-refractivity contribution in [2.45, 2.75) is 94.9 Å². The van der Waals surface area contributed by atoms with Crippen molar-refractivity contribution in [1.82, 2.24) is 0 Å². The molecule has 0 amide bonds. The molecule has 0 radical (unpaired) electrons. The zero-order valence-corrected chi connectivity index (χ0v) is 27.2. The number of rotatable bonds is 12. The highest BCUT2D eigenvalue weighted by Crippen LogP contribution is 2.39. The number of ether oxygens (including phenoxy) is 3. The van der Waals surface area contributed by atoms with Crippen LogP contribution in [0.15, 0.2) is 72.8 Å². The van der Waals surface area contributed by atoms with Gasteiger partial charge in [-0.3, -0.25) is 4.18 Å². The zero-order chi connectivity index (χ0) is 31.7. The average Bonchev–Trinajstić information content (AvgIpc) is 3.00. The Hall–Kier alpha value is -2.06. The van der Waals surface area contributed by atoms with E-state index in [1.807, 2.05) is 107 Å². The molecule has 4 atom stereocenters. The third kappa shape index (κ3) is 10.8. The molecule has 1 heterocycles. The van der Waals surface area contributed by atoms with E-state index in [0.29, 0.717) is 6.42 Å². The van der Waals surface area contributed by atoms with Crippen LogP contribution in [0.4, 0.5) is 13.2 Å². The summed E-state index contributed by atoms with van der Waals surface area (Å²) in [5, 5.41) is -0.224. The number of hydrogen-bond donors (Lipinski definition) is 0. The van der Waals surface area contributed by atoms with Gasteiger partial charge in [0.2, 0.25) is 0 Å². The molecule has 0 saturated heterocycles. The molecule has 2 aromatic carbocycles. The van der Waals surface area contributed by atoms with Crippen LogP contribution in [0.25, 0.3) is 0 Å². The maximum atomic E-state index is 13.2. The Bertz CT molecular complexity index is 1250. The summed E-state index contributed by atoms with van der Waals surface area (Å²) in [5.41, 5.74) is -3.70. The number of hydrogen-bond acceptors (Lipinski definition) is 7. The lowest BCUT2D eigenvalue weighted by atomic mass is 10.1. The minimum atomic E-state index is -5.86. The van der Waals surface area contributed by atoms with Crippen molar-refractivity contribution in [2.24, 2.45) is 0 Å². The normalized spacial score (nSPS) is 23.3. The number of halogens is 3. The monoisotopic (exact) mass is 644 g/mol. The first-order chi connectivity index (χ1) is 20.1. The van der Waals surface area contributed by atoms with Gasteiger partial charge in [0.25, 0.3) is 0 Å². The van der Waals surface area contributed by atoms with Crippen LogP contribution in [-0.2, 0) is 46.2 Å². The van der Waals surface area contributed by atoms with E-state index in [1.54, 1.807) is 0 Å². The SMILES string of the molecule is CC(C)(C)[Si](C)(C)O[C@H]1C/C=C\C[C@@H](OCc2ccccc2)[C@H](COCc2ccccc2)O[C@@H]1COS(=O)(=O)C(F)(F)F. The molecule has 7 nitrogen and oxygen atoms in total. The largest absolute Gasteiger partial charge is 0.523 e. The molecule has 0 spiro atoms. The molecule has 3 rings (SSSR count). The molecular weight excluding hydrogens is 601 g/mol. The van der Waals surface area contributed by atoms with Crippen LogP contribution in [0.3, 0.4) is 0 Å². The highest BCUT2D eigenvalue weighted by atomic mass is 32.2. The maximum absolute atomic E-state index is 13.2. The van der Waals surface area contributed by atoms with E-state index < -0.39 is 55.0 Å². The van der Waals surface area contributed by atoms with Gasteiger partial charge in [-0.05, 0) is 42.1 Å². The first kappa shape index (κ1) is 35.4. The fourth-order valence-corrected chi connectivity index (χ4v) is 5.99. The minimum Gasteiger partial charge on any atom is -0.411 e. The molecule has 0 aromatic heterocycles. The summed E-state index contributed by atoms with van der Waals surface area (Å²) in [6.07, 6.45) is 1.26. The van der Waals surface area contributed by atoms with E-state index in [-0.39, 0.29) is 31.3 Å². The van der Waals surface area contributed by atoms with Gasteiger partial charge < -0.3 is 18.6 Å². The van der Waals surface area contributed by atoms with E-state index in [0.717, 1.165) is 11.1 Å². The average molecular weight is 645 g/mol. The Morgan fingerprint density at radius 2 is 1.33 bits per heavy atom. The van der Waals surface area contributed by atoms with Gasteiger partial charge in [0, 0.05) is 0 Å². The molecule has 0 N–H and O–H groups in total. The minimum absolute atomic E-state index is 0.0392. The van der Waals surface area contributed by atoms with Crippen molar-refractivity contribution < 1.29 is 44.4 Å². The predicted octanol–water partition coefficient (Wildman–Crippen LogP) is 7.15. The quantitative estimate of drug-likeness (QED) is 0.105. The lowest BCUT2D eigenvalue weighted by Crippen LogP contribution is -2.51. The zero-order valence-electron chi connectivity index (χ0n) is 25.4. The summed E-state index contributed by atoms with van der Waals surface area (Å²) in [7, 11) is -8.33. The van der Waals surface area contributed by atoms with Crippen LogP contribution in [0, 0.1) is 0 Å². The molecular formula is C31H43F3O7SSi. The molecule has 0 aliphatic carbocycles. The number of alkyl halides is 3. The van der Waals surface area contributed by atoms with Gasteiger partial charge in [0.1, 0.15) is 12.2 Å². The Kier molecular flexibility index (Phi) is 12.6. The summed E-state index contributed by atoms with van der Waals surface area (Å²) >= 11 is 0. The van der Waals surface area contributed by atoms with Gasteiger partial charge in [-0.15, -0.1) is 0 Å². The summed E-state index contributed by atoms with van der Waals surface area (Å²) in [5.74, 6) is 0. The molecule has 43 heavy (non-hydrogen) atoms. The molecule has 12 heteroatoms. The van der Waals surface area contributed by atoms with Crippen molar-refractivity contribution >= 4 is 18.4 Å². The van der Waals surface area contributed by atoms with Crippen molar-refractivity contribution in [3.05, 3.63) is 83.9 Å². The molecule has 1 aliphatic heterocycles. The first-order valence-corrected chi connectivity index (χ1v) is 18.6. The van der Waals surface area contributed by atoms with Gasteiger partial charge in [0.05, 0.1) is 38.6 Å². The van der Waals surface area contributed by atoms with Gasteiger partial charge in [-0.2, -0.15) is 21.6 Å². The Morgan fingerprint density at radius 1 is 0.814 bits per heavy atom. The molecule has 0 saturated carbocycles. The van der Waals surface area contributed by atoms with Crippen LogP contribution < -0.4 is 0 Å². The Balaban J connectivity index is 1.91. The third-order valence-electron chi connectivity index (χ3n) is 7.71. The van der Waals surface area contributed by atoms with Gasteiger partial charge >= 0.3 is 15.6 Å². The first-order valence-electron chi connectivity index (χ1n) is 14.3. The Labute approximate surface area is 254 Å². The topological polar surface area (TPSA) is 80.3 Å². The highest BCUT2D eigenvalue weighted by molar-refractivity contribution is 7.87. The van der Waals surface area contributed by atoms with E-state index in [9.17, 15) is 21.6 Å². The van der Waals surface area contributed by atoms with E-state index >= 15 is 0 Å². The van der Waals surface area contributed by atoms with E-state index in [1.165, 1.54) is 0 Å². The fourth-order valence-electron chi connectivity index (χ4n) is 4.18. The summed E-state index contributed by atoms with van der Waals surface area (Å²) in [6.45, 7) is 9.85. The van der Waals surface area contributed by atoms with Crippen molar-refractivity contribution in [3.63, 3.8) is 0 Å². The smallest absolute Gasteiger partial charge is 0.411 e. The highest BCUT2D eigenvalue weighted by Gasteiger charge is 2.49. The maximum Gasteiger partial charge on any atom is 0.523 e. The van der Waals surface area contributed by atoms with Crippen molar-refractivity contribution in [1.29, 1.82) is 0 Å². The van der Waals surface area contributed by atoms with Crippen molar-refractivity contribution in [2.75, 3.05) is 13.2 Å².